The summed E-state index contributed by atoms with van der Waals surface area (Å²) in [6, 6.07) is 8.65. The number of H-pyrrole nitrogens is 1. The van der Waals surface area contributed by atoms with Gasteiger partial charge in [-0.1, -0.05) is 44.9 Å². The number of halogens is 1. The first-order valence-electron chi connectivity index (χ1n) is 11.0. The first-order chi connectivity index (χ1) is 15.7. The highest BCUT2D eigenvalue weighted by Gasteiger charge is 2.27. The number of carbonyl (C=O) groups excluding carboxylic acids is 1. The zero-order chi connectivity index (χ0) is 24.1. The Balaban J connectivity index is 2.05. The minimum atomic E-state index is -0.698. The van der Waals surface area contributed by atoms with Crippen LogP contribution in [0.25, 0.3) is 5.69 Å². The normalized spacial score (nSPS) is 11.2. The number of rotatable bonds is 9. The van der Waals surface area contributed by atoms with E-state index in [9.17, 15) is 14.4 Å². The van der Waals surface area contributed by atoms with Crippen molar-refractivity contribution in [1.29, 1.82) is 0 Å². The maximum atomic E-state index is 13.5. The molecule has 0 spiro atoms. The van der Waals surface area contributed by atoms with Crippen molar-refractivity contribution in [2.75, 3.05) is 17.2 Å². The molecule has 2 heterocycles. The second kappa shape index (κ2) is 10.5. The predicted octanol–water partition coefficient (Wildman–Crippen LogP) is 3.45. The van der Waals surface area contributed by atoms with Crippen LogP contribution in [0.1, 0.15) is 50.5 Å². The van der Waals surface area contributed by atoms with E-state index < -0.39 is 17.2 Å². The Hall–Kier alpha value is -3.33. The first kappa shape index (κ1) is 24.3. The number of hydrogen-bond donors (Lipinski definition) is 2. The molecule has 0 aliphatic heterocycles. The van der Waals surface area contributed by atoms with E-state index in [1.54, 1.807) is 30.5 Å². The van der Waals surface area contributed by atoms with Gasteiger partial charge in [-0.3, -0.25) is 24.0 Å². The highest BCUT2D eigenvalue weighted by atomic mass is 35.5. The molecular formula is C23H29ClN6O3. The molecule has 0 bridgehead atoms. The van der Waals surface area contributed by atoms with Crippen LogP contribution in [0.5, 0.6) is 0 Å². The fourth-order valence-corrected chi connectivity index (χ4v) is 3.60. The van der Waals surface area contributed by atoms with E-state index in [0.717, 1.165) is 6.42 Å². The number of aromatic amines is 1. The number of nitrogens with two attached hydrogens (primary N) is 1. The molecule has 0 aliphatic rings. The van der Waals surface area contributed by atoms with E-state index in [1.807, 2.05) is 26.8 Å². The van der Waals surface area contributed by atoms with Crippen molar-refractivity contribution in [3.05, 3.63) is 68.1 Å². The van der Waals surface area contributed by atoms with Crippen molar-refractivity contribution in [1.82, 2.24) is 19.3 Å². The molecule has 3 rings (SSSR count). The van der Waals surface area contributed by atoms with Crippen LogP contribution in [-0.2, 0) is 6.54 Å². The second-order valence-corrected chi connectivity index (χ2v) is 8.70. The summed E-state index contributed by atoms with van der Waals surface area (Å²) in [7, 11) is 0. The summed E-state index contributed by atoms with van der Waals surface area (Å²) in [5.74, 6) is -0.228. The molecule has 9 nitrogen and oxygen atoms in total. The average Bonchev–Trinajstić information content (AvgIpc) is 3.25. The first-order valence-corrected chi connectivity index (χ1v) is 11.4. The molecule has 1 aromatic carbocycles. The fourth-order valence-electron chi connectivity index (χ4n) is 3.42. The molecule has 0 saturated heterocycles. The molecular weight excluding hydrogens is 444 g/mol. The molecule has 0 atom stereocenters. The van der Waals surface area contributed by atoms with Gasteiger partial charge in [0.15, 0.2) is 11.4 Å². The largest absolute Gasteiger partial charge is 0.383 e. The van der Waals surface area contributed by atoms with Gasteiger partial charge in [-0.25, -0.2) is 9.48 Å². The summed E-state index contributed by atoms with van der Waals surface area (Å²) >= 11 is 6.07. The minimum absolute atomic E-state index is 0.0245. The lowest BCUT2D eigenvalue weighted by molar-refractivity contribution is 0.0980. The number of amides is 1. The molecule has 33 heavy (non-hydrogen) atoms. The number of hydrogen-bond acceptors (Lipinski definition) is 5. The Morgan fingerprint density at radius 3 is 2.70 bits per heavy atom. The Morgan fingerprint density at radius 1 is 1.27 bits per heavy atom. The van der Waals surface area contributed by atoms with E-state index in [-0.39, 0.29) is 29.7 Å². The van der Waals surface area contributed by atoms with E-state index in [4.69, 9.17) is 17.3 Å². The standard InChI is InChI=1S/C23H29ClN6O3/c1-4-5-11-29-20(25)19(21(31)26-23(29)33)28(12-9-15(2)3)22(32)18-10-13-30(27-18)17-8-6-7-16(24)14-17/h6-8,10,13-15H,4-5,9,11-12,25H2,1-3H3,(H,26,31,33). The monoisotopic (exact) mass is 472 g/mol. The zero-order valence-electron chi connectivity index (χ0n) is 19.0. The maximum absolute atomic E-state index is 13.5. The van der Waals surface area contributed by atoms with Crippen LogP contribution in [0.15, 0.2) is 46.1 Å². The van der Waals surface area contributed by atoms with Crippen molar-refractivity contribution < 1.29 is 4.79 Å². The zero-order valence-corrected chi connectivity index (χ0v) is 19.8. The van der Waals surface area contributed by atoms with Crippen LogP contribution in [0, 0.1) is 5.92 Å². The SMILES string of the molecule is CCCCn1c(N)c(N(CCC(C)C)C(=O)c2ccn(-c3cccc(Cl)c3)n2)c(=O)[nH]c1=O. The Labute approximate surface area is 196 Å². The van der Waals surface area contributed by atoms with Gasteiger partial charge in [-0.2, -0.15) is 5.10 Å². The van der Waals surface area contributed by atoms with Gasteiger partial charge in [-0.05, 0) is 43.0 Å². The topological polar surface area (TPSA) is 119 Å². The molecule has 0 saturated carbocycles. The fraction of sp³-hybridized carbons (Fsp3) is 0.391. The summed E-state index contributed by atoms with van der Waals surface area (Å²) in [5.41, 5.74) is 5.79. The third-order valence-corrected chi connectivity index (χ3v) is 5.51. The highest BCUT2D eigenvalue weighted by Crippen LogP contribution is 2.21. The lowest BCUT2D eigenvalue weighted by atomic mass is 10.1. The molecule has 0 aliphatic carbocycles. The van der Waals surface area contributed by atoms with Crippen molar-refractivity contribution in [3.8, 4) is 5.69 Å². The number of unbranched alkanes of at least 4 members (excludes halogenated alkanes) is 1. The maximum Gasteiger partial charge on any atom is 0.330 e. The van der Waals surface area contributed by atoms with E-state index in [2.05, 4.69) is 10.1 Å². The molecule has 3 N–H and O–H groups in total. The number of aromatic nitrogens is 4. The van der Waals surface area contributed by atoms with Crippen LogP contribution < -0.4 is 21.9 Å². The molecule has 176 valence electrons. The predicted molar refractivity (Wildman–Crippen MR) is 130 cm³/mol. The third-order valence-electron chi connectivity index (χ3n) is 5.28. The summed E-state index contributed by atoms with van der Waals surface area (Å²) < 4.78 is 2.84. The van der Waals surface area contributed by atoms with Gasteiger partial charge in [-0.15, -0.1) is 0 Å². The Bertz CT molecular complexity index is 1240. The summed E-state index contributed by atoms with van der Waals surface area (Å²) in [4.78, 5) is 42.3. The number of carbonyl (C=O) groups is 1. The van der Waals surface area contributed by atoms with Crippen molar-refractivity contribution >= 4 is 29.0 Å². The van der Waals surface area contributed by atoms with Crippen LogP contribution in [-0.4, -0.2) is 31.8 Å². The molecule has 0 unspecified atom stereocenters. The second-order valence-electron chi connectivity index (χ2n) is 8.26. The van der Waals surface area contributed by atoms with Gasteiger partial charge in [0, 0.05) is 24.3 Å². The molecule has 0 radical (unpaired) electrons. The minimum Gasteiger partial charge on any atom is -0.383 e. The molecule has 0 fully saturated rings. The third kappa shape index (κ3) is 5.54. The smallest absolute Gasteiger partial charge is 0.330 e. The molecule has 10 heteroatoms. The number of nitrogens with one attached hydrogen (secondary N) is 1. The van der Waals surface area contributed by atoms with E-state index in [0.29, 0.717) is 30.1 Å². The molecule has 1 amide bonds. The summed E-state index contributed by atoms with van der Waals surface area (Å²) in [6.45, 7) is 6.63. The van der Waals surface area contributed by atoms with Gasteiger partial charge in [0.05, 0.1) is 5.69 Å². The quantitative estimate of drug-likeness (QED) is 0.494. The lowest BCUT2D eigenvalue weighted by Crippen LogP contribution is -2.42. The van der Waals surface area contributed by atoms with Gasteiger partial charge in [0.1, 0.15) is 5.82 Å². The van der Waals surface area contributed by atoms with Gasteiger partial charge >= 0.3 is 5.69 Å². The molecule has 3 aromatic rings. The molecule has 2 aromatic heterocycles. The van der Waals surface area contributed by atoms with Crippen LogP contribution >= 0.6 is 11.6 Å². The van der Waals surface area contributed by atoms with Crippen molar-refractivity contribution in [3.63, 3.8) is 0 Å². The lowest BCUT2D eigenvalue weighted by Gasteiger charge is -2.24. The van der Waals surface area contributed by atoms with Crippen molar-refractivity contribution in [2.45, 2.75) is 46.6 Å². The number of nitrogen functional groups attached to an aromatic ring is 1. The van der Waals surface area contributed by atoms with Crippen molar-refractivity contribution in [2.24, 2.45) is 5.92 Å². The van der Waals surface area contributed by atoms with Crippen LogP contribution in [0.3, 0.4) is 0 Å². The van der Waals surface area contributed by atoms with Crippen LogP contribution in [0.2, 0.25) is 5.02 Å². The number of nitrogens with zero attached hydrogens (tertiary/aromatic N) is 4. The summed E-state index contributed by atoms with van der Waals surface area (Å²) in [6.07, 6.45) is 3.83. The van der Waals surface area contributed by atoms with Crippen LogP contribution in [0.4, 0.5) is 11.5 Å². The number of benzene rings is 1. The highest BCUT2D eigenvalue weighted by molar-refractivity contribution is 6.30. The Morgan fingerprint density at radius 2 is 2.03 bits per heavy atom. The van der Waals surface area contributed by atoms with E-state index in [1.165, 1.54) is 14.1 Å². The Kier molecular flexibility index (Phi) is 7.75. The van der Waals surface area contributed by atoms with Gasteiger partial charge in [0.25, 0.3) is 11.5 Å². The number of anilines is 2. The van der Waals surface area contributed by atoms with Gasteiger partial charge < -0.3 is 5.73 Å². The van der Waals surface area contributed by atoms with E-state index >= 15 is 0 Å². The average molecular weight is 473 g/mol. The van der Waals surface area contributed by atoms with Gasteiger partial charge in [0.2, 0.25) is 0 Å². The summed E-state index contributed by atoms with van der Waals surface area (Å²) in [5, 5.41) is 4.93.